The lowest BCUT2D eigenvalue weighted by Gasteiger charge is -1.97. The number of nitriles is 1. The van der Waals surface area contributed by atoms with E-state index in [-0.39, 0.29) is 12.2 Å². The van der Waals surface area contributed by atoms with Gasteiger partial charge >= 0.3 is 0 Å². The molecule has 0 fully saturated rings. The van der Waals surface area contributed by atoms with Gasteiger partial charge < -0.3 is 5.32 Å². The first-order valence-corrected chi connectivity index (χ1v) is 4.56. The summed E-state index contributed by atoms with van der Waals surface area (Å²) in [5, 5.41) is 11.3. The van der Waals surface area contributed by atoms with Gasteiger partial charge in [0.05, 0.1) is 24.6 Å². The SMILES string of the molecule is CNCC#Cc1ccc(CC#N)cc1F. The zero-order chi connectivity index (χ0) is 11.1. The molecule has 0 aliphatic carbocycles. The molecular formula is C12H11FN2. The molecule has 3 heteroatoms. The van der Waals surface area contributed by atoms with Crippen molar-refractivity contribution in [3.8, 4) is 17.9 Å². The van der Waals surface area contributed by atoms with E-state index in [0.29, 0.717) is 17.7 Å². The average Bonchev–Trinajstić information content (AvgIpc) is 2.22. The normalized spacial score (nSPS) is 8.87. The van der Waals surface area contributed by atoms with E-state index in [1.807, 2.05) is 6.07 Å². The van der Waals surface area contributed by atoms with Crippen LogP contribution in [-0.4, -0.2) is 13.6 Å². The molecule has 15 heavy (non-hydrogen) atoms. The van der Waals surface area contributed by atoms with E-state index in [0.717, 1.165) is 0 Å². The topological polar surface area (TPSA) is 35.8 Å². The van der Waals surface area contributed by atoms with Gasteiger partial charge in [-0.3, -0.25) is 0 Å². The molecule has 0 radical (unpaired) electrons. The van der Waals surface area contributed by atoms with Crippen LogP contribution in [0.25, 0.3) is 0 Å². The maximum atomic E-state index is 13.4. The Balaban J connectivity index is 2.86. The van der Waals surface area contributed by atoms with Crippen molar-refractivity contribution in [1.29, 1.82) is 5.26 Å². The second-order valence-corrected chi connectivity index (χ2v) is 2.98. The Hall–Kier alpha value is -1.84. The van der Waals surface area contributed by atoms with Crippen LogP contribution in [0, 0.1) is 29.0 Å². The molecule has 0 saturated carbocycles. The third-order valence-corrected chi connectivity index (χ3v) is 1.80. The number of nitrogens with one attached hydrogen (secondary N) is 1. The van der Waals surface area contributed by atoms with Crippen LogP contribution in [0.15, 0.2) is 18.2 Å². The predicted molar refractivity (Wildman–Crippen MR) is 56.5 cm³/mol. The largest absolute Gasteiger partial charge is 0.309 e. The van der Waals surface area contributed by atoms with E-state index >= 15 is 0 Å². The van der Waals surface area contributed by atoms with Crippen LogP contribution in [0.2, 0.25) is 0 Å². The van der Waals surface area contributed by atoms with Gasteiger partial charge in [0, 0.05) is 0 Å². The molecular weight excluding hydrogens is 191 g/mol. The van der Waals surface area contributed by atoms with E-state index < -0.39 is 0 Å². The van der Waals surface area contributed by atoms with Crippen molar-refractivity contribution >= 4 is 0 Å². The fraction of sp³-hybridized carbons (Fsp3) is 0.250. The van der Waals surface area contributed by atoms with Crippen molar-refractivity contribution in [3.05, 3.63) is 35.1 Å². The summed E-state index contributed by atoms with van der Waals surface area (Å²) in [6.07, 6.45) is 0.223. The molecule has 0 amide bonds. The molecule has 0 heterocycles. The second-order valence-electron chi connectivity index (χ2n) is 2.98. The molecule has 0 aliphatic heterocycles. The maximum absolute atomic E-state index is 13.4. The van der Waals surface area contributed by atoms with Gasteiger partial charge in [0.1, 0.15) is 5.82 Å². The van der Waals surface area contributed by atoms with Crippen molar-refractivity contribution in [1.82, 2.24) is 5.32 Å². The van der Waals surface area contributed by atoms with Crippen molar-refractivity contribution < 1.29 is 4.39 Å². The van der Waals surface area contributed by atoms with Gasteiger partial charge in [-0.15, -0.1) is 0 Å². The lowest BCUT2D eigenvalue weighted by molar-refractivity contribution is 0.622. The molecule has 76 valence electrons. The standard InChI is InChI=1S/C12H11FN2/c1-15-8-2-3-11-5-4-10(6-7-14)9-12(11)13/h4-5,9,15H,6,8H2,1H3. The van der Waals surface area contributed by atoms with Gasteiger partial charge in [-0.05, 0) is 24.7 Å². The summed E-state index contributed by atoms with van der Waals surface area (Å²) >= 11 is 0. The Kier molecular flexibility index (Phi) is 4.34. The molecule has 0 aliphatic rings. The minimum atomic E-state index is -0.369. The van der Waals surface area contributed by atoms with Gasteiger partial charge in [0.25, 0.3) is 0 Å². The third-order valence-electron chi connectivity index (χ3n) is 1.80. The lowest BCUT2D eigenvalue weighted by atomic mass is 10.1. The second kappa shape index (κ2) is 5.80. The number of hydrogen-bond acceptors (Lipinski definition) is 2. The summed E-state index contributed by atoms with van der Waals surface area (Å²) in [6.45, 7) is 0.527. The third kappa shape index (κ3) is 3.42. The summed E-state index contributed by atoms with van der Waals surface area (Å²) in [4.78, 5) is 0. The Morgan fingerprint density at radius 3 is 2.87 bits per heavy atom. The predicted octanol–water partition coefficient (Wildman–Crippen LogP) is 1.46. The molecule has 0 aromatic heterocycles. The fourth-order valence-electron chi connectivity index (χ4n) is 1.09. The summed E-state index contributed by atoms with van der Waals surface area (Å²) in [5.74, 6) is 5.12. The molecule has 2 nitrogen and oxygen atoms in total. The van der Waals surface area contributed by atoms with Gasteiger partial charge in [0.15, 0.2) is 0 Å². The van der Waals surface area contributed by atoms with Crippen molar-refractivity contribution in [2.24, 2.45) is 0 Å². The van der Waals surface area contributed by atoms with E-state index in [9.17, 15) is 4.39 Å². The van der Waals surface area contributed by atoms with Crippen molar-refractivity contribution in [3.63, 3.8) is 0 Å². The Morgan fingerprint density at radius 1 is 1.47 bits per heavy atom. The summed E-state index contributed by atoms with van der Waals surface area (Å²) < 4.78 is 13.4. The summed E-state index contributed by atoms with van der Waals surface area (Å²) in [6, 6.07) is 6.64. The van der Waals surface area contributed by atoms with Crippen LogP contribution < -0.4 is 5.32 Å². The molecule has 0 unspecified atom stereocenters. The first kappa shape index (κ1) is 11.2. The van der Waals surface area contributed by atoms with Gasteiger partial charge in [0.2, 0.25) is 0 Å². The molecule has 0 atom stereocenters. The molecule has 1 aromatic carbocycles. The first-order chi connectivity index (χ1) is 7.27. The molecule has 1 rings (SSSR count). The van der Waals surface area contributed by atoms with Crippen LogP contribution >= 0.6 is 0 Å². The summed E-state index contributed by atoms with van der Waals surface area (Å²) in [7, 11) is 1.78. The van der Waals surface area contributed by atoms with Crippen molar-refractivity contribution in [2.75, 3.05) is 13.6 Å². The number of benzene rings is 1. The molecule has 0 saturated heterocycles. The highest BCUT2D eigenvalue weighted by Crippen LogP contribution is 2.09. The zero-order valence-corrected chi connectivity index (χ0v) is 8.47. The van der Waals surface area contributed by atoms with Crippen LogP contribution in [-0.2, 0) is 6.42 Å². The van der Waals surface area contributed by atoms with E-state index in [4.69, 9.17) is 5.26 Å². The van der Waals surface area contributed by atoms with Gasteiger partial charge in [-0.2, -0.15) is 5.26 Å². The quantitative estimate of drug-likeness (QED) is 0.737. The Morgan fingerprint density at radius 2 is 2.27 bits per heavy atom. The number of nitrogens with zero attached hydrogens (tertiary/aromatic N) is 1. The molecule has 1 aromatic rings. The molecule has 0 bridgehead atoms. The fourth-order valence-corrected chi connectivity index (χ4v) is 1.09. The summed E-state index contributed by atoms with van der Waals surface area (Å²) in [5.41, 5.74) is 1.04. The molecule has 0 spiro atoms. The first-order valence-electron chi connectivity index (χ1n) is 4.56. The molecule has 1 N–H and O–H groups in total. The Labute approximate surface area is 88.7 Å². The van der Waals surface area contributed by atoms with E-state index in [1.165, 1.54) is 6.07 Å². The zero-order valence-electron chi connectivity index (χ0n) is 8.47. The van der Waals surface area contributed by atoms with Gasteiger partial charge in [-0.25, -0.2) is 4.39 Å². The highest BCUT2D eigenvalue weighted by Gasteiger charge is 2.00. The smallest absolute Gasteiger partial charge is 0.139 e. The maximum Gasteiger partial charge on any atom is 0.139 e. The van der Waals surface area contributed by atoms with Crippen LogP contribution in [0.4, 0.5) is 4.39 Å². The van der Waals surface area contributed by atoms with Crippen LogP contribution in [0.5, 0.6) is 0 Å². The number of hydrogen-bond donors (Lipinski definition) is 1. The minimum Gasteiger partial charge on any atom is -0.309 e. The minimum absolute atomic E-state index is 0.223. The lowest BCUT2D eigenvalue weighted by Crippen LogP contribution is -2.04. The van der Waals surface area contributed by atoms with Gasteiger partial charge in [-0.1, -0.05) is 17.9 Å². The highest BCUT2D eigenvalue weighted by atomic mass is 19.1. The number of rotatable bonds is 2. The van der Waals surface area contributed by atoms with E-state index in [2.05, 4.69) is 17.2 Å². The number of halogens is 1. The Bertz CT molecular complexity index is 435. The van der Waals surface area contributed by atoms with Crippen LogP contribution in [0.3, 0.4) is 0 Å². The van der Waals surface area contributed by atoms with Crippen molar-refractivity contribution in [2.45, 2.75) is 6.42 Å². The van der Waals surface area contributed by atoms with E-state index in [1.54, 1.807) is 19.2 Å². The average molecular weight is 202 g/mol. The highest BCUT2D eigenvalue weighted by molar-refractivity contribution is 5.38. The monoisotopic (exact) mass is 202 g/mol. The van der Waals surface area contributed by atoms with Crippen LogP contribution in [0.1, 0.15) is 11.1 Å².